The summed E-state index contributed by atoms with van der Waals surface area (Å²) in [5, 5.41) is 6.37. The second kappa shape index (κ2) is 7.29. The Morgan fingerprint density at radius 2 is 2.10 bits per heavy atom. The lowest BCUT2D eigenvalue weighted by atomic mass is 9.99. The highest BCUT2D eigenvalue weighted by Gasteiger charge is 2.23. The molecule has 1 aromatic carbocycles. The molecule has 1 aromatic rings. The van der Waals surface area contributed by atoms with Crippen LogP contribution in [0.1, 0.15) is 31.7 Å². The van der Waals surface area contributed by atoms with Crippen LogP contribution < -0.4 is 15.4 Å². The molecule has 1 amide bonds. The largest absolute Gasteiger partial charge is 0.497 e. The zero-order chi connectivity index (χ0) is 14.4. The van der Waals surface area contributed by atoms with Crippen LogP contribution in [0.2, 0.25) is 0 Å². The van der Waals surface area contributed by atoms with Crippen molar-refractivity contribution in [3.8, 4) is 5.75 Å². The number of methoxy groups -OCH3 is 1. The molecule has 0 aliphatic carbocycles. The summed E-state index contributed by atoms with van der Waals surface area (Å²) in [6.07, 6.45) is 4.08. The zero-order valence-corrected chi connectivity index (χ0v) is 12.3. The van der Waals surface area contributed by atoms with E-state index in [1.807, 2.05) is 24.3 Å². The van der Waals surface area contributed by atoms with Gasteiger partial charge in [0.2, 0.25) is 5.91 Å². The van der Waals surface area contributed by atoms with E-state index in [1.54, 1.807) is 7.11 Å². The summed E-state index contributed by atoms with van der Waals surface area (Å²) >= 11 is 0. The predicted molar refractivity (Wildman–Crippen MR) is 79.9 cm³/mol. The molecule has 1 aliphatic heterocycles. The van der Waals surface area contributed by atoms with Crippen LogP contribution in [0, 0.1) is 0 Å². The van der Waals surface area contributed by atoms with Crippen LogP contribution in [0.25, 0.3) is 0 Å². The molecule has 1 aliphatic rings. The van der Waals surface area contributed by atoms with Crippen molar-refractivity contribution >= 4 is 5.91 Å². The van der Waals surface area contributed by atoms with E-state index in [2.05, 4.69) is 17.6 Å². The minimum absolute atomic E-state index is 0.0189. The number of rotatable bonds is 5. The highest BCUT2D eigenvalue weighted by atomic mass is 16.5. The van der Waals surface area contributed by atoms with Gasteiger partial charge in [0.1, 0.15) is 5.75 Å². The normalized spacial score (nSPS) is 22.3. The SMILES string of the molecule is COc1ccc(CCNC(=O)C2CCCC(C)N2)cc1. The molecule has 2 N–H and O–H groups in total. The quantitative estimate of drug-likeness (QED) is 0.863. The van der Waals surface area contributed by atoms with E-state index in [9.17, 15) is 4.79 Å². The maximum Gasteiger partial charge on any atom is 0.237 e. The second-order valence-corrected chi connectivity index (χ2v) is 5.44. The third-order valence-electron chi connectivity index (χ3n) is 3.80. The molecule has 0 bridgehead atoms. The fourth-order valence-corrected chi connectivity index (χ4v) is 2.59. The number of amides is 1. The van der Waals surface area contributed by atoms with E-state index < -0.39 is 0 Å². The predicted octanol–water partition coefficient (Wildman–Crippen LogP) is 1.88. The summed E-state index contributed by atoms with van der Waals surface area (Å²) < 4.78 is 5.12. The van der Waals surface area contributed by atoms with Gasteiger partial charge < -0.3 is 15.4 Å². The van der Waals surface area contributed by atoms with Crippen molar-refractivity contribution in [2.75, 3.05) is 13.7 Å². The van der Waals surface area contributed by atoms with Gasteiger partial charge in [-0.05, 0) is 50.3 Å². The molecular formula is C16H24N2O2. The number of nitrogens with one attached hydrogen (secondary N) is 2. The molecular weight excluding hydrogens is 252 g/mol. The molecule has 2 rings (SSSR count). The van der Waals surface area contributed by atoms with Gasteiger partial charge in [-0.2, -0.15) is 0 Å². The average Bonchev–Trinajstić information content (AvgIpc) is 2.48. The van der Waals surface area contributed by atoms with Crippen LogP contribution in [0.5, 0.6) is 5.75 Å². The van der Waals surface area contributed by atoms with Gasteiger partial charge in [0.15, 0.2) is 0 Å². The van der Waals surface area contributed by atoms with E-state index in [0.29, 0.717) is 12.6 Å². The Morgan fingerprint density at radius 1 is 1.35 bits per heavy atom. The van der Waals surface area contributed by atoms with Gasteiger partial charge in [0.25, 0.3) is 0 Å². The van der Waals surface area contributed by atoms with Crippen molar-refractivity contribution in [1.29, 1.82) is 0 Å². The zero-order valence-electron chi connectivity index (χ0n) is 12.3. The Kier molecular flexibility index (Phi) is 5.41. The smallest absolute Gasteiger partial charge is 0.237 e. The summed E-state index contributed by atoms with van der Waals surface area (Å²) in [5.41, 5.74) is 1.20. The Hall–Kier alpha value is -1.55. The first-order valence-corrected chi connectivity index (χ1v) is 7.35. The monoisotopic (exact) mass is 276 g/mol. The molecule has 4 heteroatoms. The van der Waals surface area contributed by atoms with Crippen LogP contribution in [0.3, 0.4) is 0 Å². The highest BCUT2D eigenvalue weighted by molar-refractivity contribution is 5.81. The topological polar surface area (TPSA) is 50.4 Å². The average molecular weight is 276 g/mol. The fourth-order valence-electron chi connectivity index (χ4n) is 2.59. The van der Waals surface area contributed by atoms with Gasteiger partial charge in [-0.3, -0.25) is 4.79 Å². The van der Waals surface area contributed by atoms with Crippen LogP contribution >= 0.6 is 0 Å². The van der Waals surface area contributed by atoms with E-state index in [0.717, 1.165) is 31.4 Å². The molecule has 1 fully saturated rings. The van der Waals surface area contributed by atoms with E-state index in [-0.39, 0.29) is 11.9 Å². The van der Waals surface area contributed by atoms with Gasteiger partial charge in [-0.25, -0.2) is 0 Å². The van der Waals surface area contributed by atoms with Crippen LogP contribution in [-0.4, -0.2) is 31.6 Å². The Labute approximate surface area is 120 Å². The van der Waals surface area contributed by atoms with Gasteiger partial charge in [0, 0.05) is 12.6 Å². The number of ether oxygens (including phenoxy) is 1. The summed E-state index contributed by atoms with van der Waals surface area (Å²) in [5.74, 6) is 0.989. The molecule has 4 nitrogen and oxygen atoms in total. The van der Waals surface area contributed by atoms with E-state index in [1.165, 1.54) is 5.56 Å². The number of carbonyl (C=O) groups is 1. The lowest BCUT2D eigenvalue weighted by Gasteiger charge is -2.27. The minimum atomic E-state index is -0.0189. The van der Waals surface area contributed by atoms with Gasteiger partial charge >= 0.3 is 0 Å². The highest BCUT2D eigenvalue weighted by Crippen LogP contribution is 2.13. The maximum atomic E-state index is 12.0. The summed E-state index contributed by atoms with van der Waals surface area (Å²) in [6.45, 7) is 2.81. The molecule has 0 radical (unpaired) electrons. The number of hydrogen-bond acceptors (Lipinski definition) is 3. The lowest BCUT2D eigenvalue weighted by molar-refractivity contribution is -0.123. The fraction of sp³-hybridized carbons (Fsp3) is 0.562. The molecule has 2 unspecified atom stereocenters. The van der Waals surface area contributed by atoms with Gasteiger partial charge in [0.05, 0.1) is 13.2 Å². The van der Waals surface area contributed by atoms with Crippen LogP contribution in [0.4, 0.5) is 0 Å². The van der Waals surface area contributed by atoms with Crippen molar-refractivity contribution in [2.24, 2.45) is 0 Å². The number of benzene rings is 1. The molecule has 2 atom stereocenters. The van der Waals surface area contributed by atoms with Crippen molar-refractivity contribution < 1.29 is 9.53 Å². The van der Waals surface area contributed by atoms with Crippen molar-refractivity contribution in [2.45, 2.75) is 44.7 Å². The third kappa shape index (κ3) is 4.23. The Morgan fingerprint density at radius 3 is 2.75 bits per heavy atom. The molecule has 110 valence electrons. The van der Waals surface area contributed by atoms with Gasteiger partial charge in [-0.15, -0.1) is 0 Å². The van der Waals surface area contributed by atoms with Crippen molar-refractivity contribution in [1.82, 2.24) is 10.6 Å². The number of hydrogen-bond donors (Lipinski definition) is 2. The Balaban J connectivity index is 1.73. The third-order valence-corrected chi connectivity index (χ3v) is 3.80. The van der Waals surface area contributed by atoms with Crippen LogP contribution in [-0.2, 0) is 11.2 Å². The molecule has 1 heterocycles. The van der Waals surface area contributed by atoms with E-state index in [4.69, 9.17) is 4.74 Å². The maximum absolute atomic E-state index is 12.0. The second-order valence-electron chi connectivity index (χ2n) is 5.44. The Bertz CT molecular complexity index is 431. The molecule has 0 aromatic heterocycles. The number of piperidine rings is 1. The lowest BCUT2D eigenvalue weighted by Crippen LogP contribution is -2.50. The summed E-state index contributed by atoms with van der Waals surface area (Å²) in [4.78, 5) is 12.0. The molecule has 0 saturated carbocycles. The molecule has 1 saturated heterocycles. The molecule has 20 heavy (non-hydrogen) atoms. The number of carbonyl (C=O) groups excluding carboxylic acids is 1. The summed E-state index contributed by atoms with van der Waals surface area (Å²) in [6, 6.07) is 8.39. The first kappa shape index (κ1) is 14.9. The van der Waals surface area contributed by atoms with Crippen LogP contribution in [0.15, 0.2) is 24.3 Å². The molecule has 0 spiro atoms. The van der Waals surface area contributed by atoms with E-state index >= 15 is 0 Å². The van der Waals surface area contributed by atoms with Crippen molar-refractivity contribution in [3.05, 3.63) is 29.8 Å². The van der Waals surface area contributed by atoms with Crippen molar-refractivity contribution in [3.63, 3.8) is 0 Å². The minimum Gasteiger partial charge on any atom is -0.497 e. The van der Waals surface area contributed by atoms with Gasteiger partial charge in [-0.1, -0.05) is 12.1 Å². The standard InChI is InChI=1S/C16H24N2O2/c1-12-4-3-5-15(18-12)16(19)17-11-10-13-6-8-14(20-2)9-7-13/h6-9,12,15,18H,3-5,10-11H2,1-2H3,(H,17,19). The first-order valence-electron chi connectivity index (χ1n) is 7.35. The summed E-state index contributed by atoms with van der Waals surface area (Å²) in [7, 11) is 1.66. The first-order chi connectivity index (χ1) is 9.69.